The molecule has 0 fully saturated rings. The van der Waals surface area contributed by atoms with E-state index in [1.54, 1.807) is 0 Å². The van der Waals surface area contributed by atoms with Crippen LogP contribution in [0.3, 0.4) is 0 Å². The summed E-state index contributed by atoms with van der Waals surface area (Å²) in [4.78, 5) is 5.42. The molecule has 0 spiro atoms. The second kappa shape index (κ2) is 7.81. The smallest absolute Gasteiger partial charge is 0.191 e. The van der Waals surface area contributed by atoms with E-state index >= 15 is 0 Å². The lowest BCUT2D eigenvalue weighted by Gasteiger charge is -2.36. The molecule has 0 heterocycles. The highest BCUT2D eigenvalue weighted by atomic mass is 28.4. The van der Waals surface area contributed by atoms with Gasteiger partial charge in [0.2, 0.25) is 0 Å². The summed E-state index contributed by atoms with van der Waals surface area (Å²) in [6, 6.07) is 9.93. The Hall–Kier alpha value is -0.843. The van der Waals surface area contributed by atoms with E-state index in [-0.39, 0.29) is 0 Å². The van der Waals surface area contributed by atoms with E-state index in [0.717, 1.165) is 25.1 Å². The monoisotopic (exact) mass is 295 g/mol. The van der Waals surface area contributed by atoms with Crippen molar-refractivity contribution in [3.05, 3.63) is 30.3 Å². The molecule has 114 valence electrons. The second-order valence-electron chi connectivity index (χ2n) is 6.63. The summed E-state index contributed by atoms with van der Waals surface area (Å²) in [6.07, 6.45) is 2.05. The molecule has 0 aliphatic heterocycles. The molecule has 20 heavy (non-hydrogen) atoms. The minimum absolute atomic E-state index is 0.290. The molecule has 4 heteroatoms. The molecule has 0 bridgehead atoms. The summed E-state index contributed by atoms with van der Waals surface area (Å²) in [7, 11) is -1.58. The normalized spacial score (nSPS) is 12.4. The van der Waals surface area contributed by atoms with Gasteiger partial charge in [-0.3, -0.25) is 10.3 Å². The van der Waals surface area contributed by atoms with Crippen LogP contribution in [0.25, 0.3) is 0 Å². The van der Waals surface area contributed by atoms with Crippen LogP contribution in [0.1, 0.15) is 33.6 Å². The van der Waals surface area contributed by atoms with E-state index in [0.29, 0.717) is 11.6 Å². The van der Waals surface area contributed by atoms with Crippen molar-refractivity contribution in [3.63, 3.8) is 0 Å². The van der Waals surface area contributed by atoms with Gasteiger partial charge in [0, 0.05) is 6.61 Å². The first kappa shape index (κ1) is 17.2. The number of unbranched alkanes of at least 4 members (excludes halogenated alkanes) is 1. The highest BCUT2D eigenvalue weighted by Gasteiger charge is 2.36. The number of hydrogen-bond donors (Lipinski definition) is 1. The molecule has 1 N–H and O–H groups in total. The molecule has 0 aliphatic carbocycles. The fourth-order valence-electron chi connectivity index (χ4n) is 1.46. The van der Waals surface area contributed by atoms with Gasteiger partial charge in [-0.1, -0.05) is 39.0 Å². The van der Waals surface area contributed by atoms with Gasteiger partial charge in [0.25, 0.3) is 0 Å². The second-order valence-corrected chi connectivity index (χ2v) is 11.4. The highest BCUT2D eigenvalue weighted by molar-refractivity contribution is 6.74. The van der Waals surface area contributed by atoms with Gasteiger partial charge in [0.05, 0.1) is 12.3 Å². The Bertz CT molecular complexity index is 374. The Morgan fingerprint density at radius 2 is 1.60 bits per heavy atom. The van der Waals surface area contributed by atoms with Crippen molar-refractivity contribution < 1.29 is 9.26 Å². The molecule has 1 aromatic carbocycles. The zero-order chi connectivity index (χ0) is 15.1. The highest BCUT2D eigenvalue weighted by Crippen LogP contribution is 2.36. The summed E-state index contributed by atoms with van der Waals surface area (Å²) in [5.74, 6) is 0. The van der Waals surface area contributed by atoms with E-state index in [1.165, 1.54) is 0 Å². The van der Waals surface area contributed by atoms with Crippen LogP contribution >= 0.6 is 0 Å². The predicted molar refractivity (Wildman–Crippen MR) is 88.4 cm³/mol. The molecule has 0 amide bonds. The Morgan fingerprint density at radius 1 is 1.00 bits per heavy atom. The molecule has 1 aromatic rings. The third kappa shape index (κ3) is 6.07. The largest absolute Gasteiger partial charge is 0.417 e. The van der Waals surface area contributed by atoms with Crippen LogP contribution in [0.15, 0.2) is 30.3 Å². The van der Waals surface area contributed by atoms with Gasteiger partial charge in [-0.25, -0.2) is 0 Å². The van der Waals surface area contributed by atoms with Crippen LogP contribution in [0.2, 0.25) is 18.1 Å². The van der Waals surface area contributed by atoms with E-state index in [9.17, 15) is 0 Å². The summed E-state index contributed by atoms with van der Waals surface area (Å²) in [5.41, 5.74) is 3.93. The predicted octanol–water partition coefficient (Wildman–Crippen LogP) is 4.83. The van der Waals surface area contributed by atoms with Crippen LogP contribution in [0.5, 0.6) is 0 Å². The van der Waals surface area contributed by atoms with Crippen LogP contribution in [0, 0.1) is 0 Å². The van der Waals surface area contributed by atoms with Crippen molar-refractivity contribution >= 4 is 14.0 Å². The molecule has 0 aliphatic rings. The molecule has 0 aromatic heterocycles. The lowest BCUT2D eigenvalue weighted by atomic mass is 10.2. The lowest BCUT2D eigenvalue weighted by Crippen LogP contribution is -2.41. The van der Waals surface area contributed by atoms with Crippen molar-refractivity contribution in [1.82, 2.24) is 0 Å². The Morgan fingerprint density at radius 3 is 2.20 bits per heavy atom. The quantitative estimate of drug-likeness (QED) is 0.423. The number of hydrogen-bond acceptors (Lipinski definition) is 3. The van der Waals surface area contributed by atoms with Crippen molar-refractivity contribution in [2.24, 2.45) is 0 Å². The summed E-state index contributed by atoms with van der Waals surface area (Å²) in [6.45, 7) is 12.9. The fraction of sp³-hybridized carbons (Fsp3) is 0.625. The maximum atomic E-state index is 6.12. The summed E-state index contributed by atoms with van der Waals surface area (Å²) >= 11 is 0. The third-order valence-electron chi connectivity index (χ3n) is 3.87. The van der Waals surface area contributed by atoms with Crippen LogP contribution < -0.4 is 5.48 Å². The number of benzene rings is 1. The molecule has 0 unspecified atom stereocenters. The third-order valence-corrected chi connectivity index (χ3v) is 8.41. The standard InChI is InChI=1S/C16H29NO2Si/c1-16(2,3)20(4,5)19-14-10-9-13-18-17-15-11-7-6-8-12-15/h6-8,11-12,17H,9-10,13-14H2,1-5H3. The fourth-order valence-corrected chi connectivity index (χ4v) is 2.55. The zero-order valence-electron chi connectivity index (χ0n) is 13.5. The molecule has 0 atom stereocenters. The molecular weight excluding hydrogens is 266 g/mol. The molecule has 3 nitrogen and oxygen atoms in total. The van der Waals surface area contributed by atoms with E-state index in [4.69, 9.17) is 9.26 Å². The topological polar surface area (TPSA) is 30.5 Å². The average Bonchev–Trinajstić information content (AvgIpc) is 2.37. The van der Waals surface area contributed by atoms with E-state index < -0.39 is 8.32 Å². The summed E-state index contributed by atoms with van der Waals surface area (Å²) < 4.78 is 6.12. The Kier molecular flexibility index (Phi) is 6.72. The maximum absolute atomic E-state index is 6.12. The van der Waals surface area contributed by atoms with Crippen molar-refractivity contribution in [2.45, 2.75) is 51.7 Å². The van der Waals surface area contributed by atoms with Crippen LogP contribution in [-0.4, -0.2) is 21.5 Å². The van der Waals surface area contributed by atoms with Gasteiger partial charge in [0.15, 0.2) is 8.32 Å². The SMILES string of the molecule is CC(C)(C)[Si](C)(C)OCCCCONc1ccccc1. The van der Waals surface area contributed by atoms with Gasteiger partial charge < -0.3 is 4.43 Å². The lowest BCUT2D eigenvalue weighted by molar-refractivity contribution is 0.178. The minimum Gasteiger partial charge on any atom is -0.417 e. The molecule has 1 rings (SSSR count). The van der Waals surface area contributed by atoms with Gasteiger partial charge in [0.1, 0.15) is 0 Å². The minimum atomic E-state index is -1.58. The van der Waals surface area contributed by atoms with Crippen molar-refractivity contribution in [2.75, 3.05) is 18.7 Å². The number of nitrogens with one attached hydrogen (secondary N) is 1. The van der Waals surface area contributed by atoms with Crippen LogP contribution in [-0.2, 0) is 9.26 Å². The molecule has 0 saturated heterocycles. The Labute approximate surface area is 124 Å². The maximum Gasteiger partial charge on any atom is 0.191 e. The van der Waals surface area contributed by atoms with E-state index in [1.807, 2.05) is 30.3 Å². The van der Waals surface area contributed by atoms with Gasteiger partial charge >= 0.3 is 0 Å². The van der Waals surface area contributed by atoms with Gasteiger partial charge in [-0.05, 0) is 43.1 Å². The van der Waals surface area contributed by atoms with Gasteiger partial charge in [-0.2, -0.15) is 0 Å². The molecule has 0 saturated carbocycles. The molecule has 0 radical (unpaired) electrons. The first-order valence-corrected chi connectivity index (χ1v) is 10.3. The van der Waals surface area contributed by atoms with Crippen LogP contribution in [0.4, 0.5) is 5.69 Å². The number of rotatable bonds is 8. The number of para-hydroxylation sites is 1. The zero-order valence-corrected chi connectivity index (χ0v) is 14.5. The summed E-state index contributed by atoms with van der Waals surface area (Å²) in [5, 5.41) is 0.290. The van der Waals surface area contributed by atoms with Crippen molar-refractivity contribution in [1.29, 1.82) is 0 Å². The number of anilines is 1. The Balaban J connectivity index is 2.06. The van der Waals surface area contributed by atoms with E-state index in [2.05, 4.69) is 39.3 Å². The average molecular weight is 295 g/mol. The molecular formula is C16H29NO2Si. The first-order chi connectivity index (χ1) is 9.33. The van der Waals surface area contributed by atoms with Crippen molar-refractivity contribution in [3.8, 4) is 0 Å². The first-order valence-electron chi connectivity index (χ1n) is 7.40. The van der Waals surface area contributed by atoms with Gasteiger partial charge in [-0.15, -0.1) is 0 Å².